The summed E-state index contributed by atoms with van der Waals surface area (Å²) in [7, 11) is 0. The number of Topliss-reactive ketones (excluding diaryl/α,β-unsaturated/α-hetero) is 1. The van der Waals surface area contributed by atoms with Crippen molar-refractivity contribution in [1.29, 1.82) is 0 Å². The number of unbranched alkanes of at least 4 members (excludes halogenated alkanes) is 3. The van der Waals surface area contributed by atoms with E-state index >= 15 is 0 Å². The van der Waals surface area contributed by atoms with E-state index in [0.717, 1.165) is 38.9 Å². The fraction of sp³-hybridized carbons (Fsp3) is 0.569. The Bertz CT molecular complexity index is 2240. The topological polar surface area (TPSA) is 338 Å². The summed E-state index contributed by atoms with van der Waals surface area (Å²) in [5, 5.41) is 23.7. The van der Waals surface area contributed by atoms with Crippen LogP contribution < -0.4 is 33.6 Å². The largest absolute Gasteiger partial charge is 0.480 e. The summed E-state index contributed by atoms with van der Waals surface area (Å²) < 4.78 is 0.892. The molecular weight excluding hydrogens is 1050 g/mol. The van der Waals surface area contributed by atoms with Gasteiger partial charge in [0.2, 0.25) is 29.5 Å². The first-order valence-electron chi connectivity index (χ1n) is 25.2. The third-order valence-corrected chi connectivity index (χ3v) is 13.6. The van der Waals surface area contributed by atoms with Gasteiger partial charge >= 0.3 is 18.0 Å². The highest BCUT2D eigenvalue weighted by Crippen LogP contribution is 2.18. The van der Waals surface area contributed by atoms with Crippen LogP contribution in [0.25, 0.3) is 0 Å². The molecule has 3 rings (SSSR count). The van der Waals surface area contributed by atoms with Crippen molar-refractivity contribution in [3.05, 3.63) is 69.7 Å². The van der Waals surface area contributed by atoms with E-state index in [9.17, 15) is 53.4 Å². The molecule has 0 saturated carbocycles. The lowest BCUT2D eigenvalue weighted by atomic mass is 9.99. The molecule has 0 aromatic heterocycles. The Labute approximate surface area is 452 Å². The number of primary amides is 4. The molecule has 75 heavy (non-hydrogen) atoms. The Kier molecular flexibility index (Phi) is 28.6. The molecule has 0 radical (unpaired) electrons. The Morgan fingerprint density at radius 3 is 1.67 bits per heavy atom. The molecule has 1 aliphatic heterocycles. The number of carbonyl (C=O) groups is 9. The lowest BCUT2D eigenvalue weighted by Gasteiger charge is -2.38. The molecule has 414 valence electrons. The van der Waals surface area contributed by atoms with E-state index in [0.29, 0.717) is 104 Å². The number of thiocarbonyl (C=S) groups is 1. The molecule has 0 aliphatic carbocycles. The van der Waals surface area contributed by atoms with Crippen molar-refractivity contribution >= 4 is 86.3 Å². The molecule has 1 unspecified atom stereocenters. The van der Waals surface area contributed by atoms with Gasteiger partial charge in [0.15, 0.2) is 0 Å². The van der Waals surface area contributed by atoms with Gasteiger partial charge in [-0.1, -0.05) is 71.0 Å². The number of benzene rings is 2. The van der Waals surface area contributed by atoms with Crippen LogP contribution in [0.15, 0.2) is 53.0 Å². The summed E-state index contributed by atoms with van der Waals surface area (Å²) in [6.45, 7) is 4.51. The number of amides is 7. The van der Waals surface area contributed by atoms with Crippen LogP contribution in [0, 0.1) is 0 Å². The van der Waals surface area contributed by atoms with Crippen molar-refractivity contribution in [3.8, 4) is 0 Å². The molecular formula is C51H76BrN11O11S. The lowest BCUT2D eigenvalue weighted by molar-refractivity contribution is -0.139. The summed E-state index contributed by atoms with van der Waals surface area (Å²) in [4.78, 5) is 120. The van der Waals surface area contributed by atoms with Gasteiger partial charge in [0.25, 0.3) is 0 Å². The number of rotatable bonds is 32. The molecule has 2 aromatic rings. The zero-order chi connectivity index (χ0) is 55.5. The molecule has 1 saturated heterocycles. The number of carboxylic acids is 2. The Hall–Kier alpha value is -5.92. The third kappa shape index (κ3) is 26.9. The molecule has 3 atom stereocenters. The maximum atomic E-state index is 13.6. The van der Waals surface area contributed by atoms with Crippen LogP contribution in [-0.2, 0) is 57.7 Å². The number of ketones is 1. The normalized spacial score (nSPS) is 16.1. The zero-order valence-electron chi connectivity index (χ0n) is 42.9. The number of carboxylic acid groups (broad SMARTS) is 2. The predicted molar refractivity (Wildman–Crippen MR) is 289 cm³/mol. The summed E-state index contributed by atoms with van der Waals surface area (Å²) >= 11 is 9.24. The average Bonchev–Trinajstić information content (AvgIpc) is 3.32. The van der Waals surface area contributed by atoms with Crippen molar-refractivity contribution in [3.63, 3.8) is 0 Å². The predicted octanol–water partition coefficient (Wildman–Crippen LogP) is 1.16. The van der Waals surface area contributed by atoms with Gasteiger partial charge in [-0.3, -0.25) is 43.6 Å². The average molecular weight is 1130 g/mol. The first kappa shape index (κ1) is 63.4. The number of nitrogens with two attached hydrogens (primary N) is 4. The van der Waals surface area contributed by atoms with Crippen LogP contribution >= 0.6 is 28.1 Å². The monoisotopic (exact) mass is 1130 g/mol. The summed E-state index contributed by atoms with van der Waals surface area (Å²) in [5.41, 5.74) is 25.5. The molecule has 2 aromatic carbocycles. The van der Waals surface area contributed by atoms with Gasteiger partial charge in [-0.15, -0.1) is 0 Å². The van der Waals surface area contributed by atoms with Gasteiger partial charge in [-0.2, -0.15) is 0 Å². The maximum absolute atomic E-state index is 13.6. The van der Waals surface area contributed by atoms with Crippen LogP contribution in [0.2, 0.25) is 0 Å². The minimum atomic E-state index is -1.36. The van der Waals surface area contributed by atoms with E-state index < -0.39 is 53.7 Å². The molecule has 1 fully saturated rings. The number of hydrogen-bond acceptors (Lipinski definition) is 14. The van der Waals surface area contributed by atoms with E-state index in [1.165, 1.54) is 6.92 Å². The smallest absolute Gasteiger partial charge is 0.326 e. The van der Waals surface area contributed by atoms with Crippen LogP contribution in [0.3, 0.4) is 0 Å². The molecule has 0 bridgehead atoms. The standard InChI is InChI=1S/C51H76BrN11O11S/c1-35(64)10-19-43(50(72)73)58-51(74)57-42(49(70)71)8-5-6-20-63(29-38-15-17-39(52)18-16-38)48(69)9-4-2-3-7-41(75)28-37-13-11-36(12-14-37)27-40-30-61(33-46(55)67)24-23-59(31-44(53)65)21-22-60(32-45(54)66)25-26-62(40)34-47(56)68/h11-18,40,42-43H,2-10,19-34H2,1H3,(H2,53,65)(H2,54,66)(H2,55,67)(H2,56,68)(H,70,71)(H,72,73)(H2,57,58,74)/t40?,42-,43-/m1/s1. The highest BCUT2D eigenvalue weighted by atomic mass is 79.9. The van der Waals surface area contributed by atoms with Gasteiger partial charge in [0.1, 0.15) is 17.9 Å². The number of halogens is 1. The van der Waals surface area contributed by atoms with Crippen molar-refractivity contribution in [1.82, 2.24) is 35.1 Å². The quantitative estimate of drug-likeness (QED) is 0.0376. The Balaban J connectivity index is 1.58. The minimum Gasteiger partial charge on any atom is -0.480 e. The summed E-state index contributed by atoms with van der Waals surface area (Å²) in [6.07, 6.45) is 4.87. The van der Waals surface area contributed by atoms with Crippen LogP contribution in [-0.4, -0.2) is 190 Å². The molecule has 0 spiro atoms. The van der Waals surface area contributed by atoms with Crippen LogP contribution in [0.4, 0.5) is 4.79 Å². The van der Waals surface area contributed by atoms with Crippen LogP contribution in [0.1, 0.15) is 87.8 Å². The van der Waals surface area contributed by atoms with Gasteiger partial charge in [-0.05, 0) is 92.0 Å². The number of hydrogen-bond donors (Lipinski definition) is 8. The number of nitrogens with one attached hydrogen (secondary N) is 2. The van der Waals surface area contributed by atoms with E-state index in [2.05, 4.69) is 26.6 Å². The van der Waals surface area contributed by atoms with Gasteiger partial charge in [-0.25, -0.2) is 14.4 Å². The second kappa shape index (κ2) is 33.9. The minimum absolute atomic E-state index is 0.0133. The molecule has 22 nitrogen and oxygen atoms in total. The molecule has 1 heterocycles. The summed E-state index contributed by atoms with van der Waals surface area (Å²) in [5.74, 6) is -5.02. The third-order valence-electron chi connectivity index (χ3n) is 12.7. The number of aliphatic carboxylic acids is 2. The number of carbonyl (C=O) groups excluding carboxylic acids is 7. The van der Waals surface area contributed by atoms with Crippen molar-refractivity contribution in [2.24, 2.45) is 22.9 Å². The van der Waals surface area contributed by atoms with Crippen molar-refractivity contribution in [2.45, 2.75) is 109 Å². The van der Waals surface area contributed by atoms with Gasteiger partial charge in [0.05, 0.1) is 26.2 Å². The fourth-order valence-corrected chi connectivity index (χ4v) is 9.33. The number of nitrogens with zero attached hydrogens (tertiary/aromatic N) is 5. The lowest BCUT2D eigenvalue weighted by Crippen LogP contribution is -2.54. The van der Waals surface area contributed by atoms with Crippen molar-refractivity contribution in [2.75, 3.05) is 78.5 Å². The molecule has 1 aliphatic rings. The molecule has 7 amide bonds. The second-order valence-electron chi connectivity index (χ2n) is 19.2. The van der Waals surface area contributed by atoms with E-state index in [4.69, 9.17) is 35.2 Å². The first-order valence-corrected chi connectivity index (χ1v) is 26.4. The van der Waals surface area contributed by atoms with E-state index in [1.807, 2.05) is 68.1 Å². The maximum Gasteiger partial charge on any atom is 0.326 e. The van der Waals surface area contributed by atoms with Crippen LogP contribution in [0.5, 0.6) is 0 Å². The molecule has 12 N–H and O–H groups in total. The Morgan fingerprint density at radius 1 is 0.627 bits per heavy atom. The number of urea groups is 1. The SMILES string of the molecule is CC(=O)CC[C@@H](NC(=O)N[C@H](CCCCN(Cc1ccc(Br)cc1)C(=O)CCCCCC(=S)Cc1ccc(CC2CN(CC(N)=O)CCN(CC(N)=O)CCN(CC(N)=O)CCN2CC(N)=O)cc1)C(=O)O)C(=O)O. The molecule has 24 heteroatoms. The summed E-state index contributed by atoms with van der Waals surface area (Å²) in [6, 6.07) is 11.7. The Morgan fingerprint density at radius 2 is 1.12 bits per heavy atom. The second-order valence-corrected chi connectivity index (χ2v) is 20.6. The van der Waals surface area contributed by atoms with E-state index in [-0.39, 0.29) is 63.2 Å². The zero-order valence-corrected chi connectivity index (χ0v) is 45.3. The van der Waals surface area contributed by atoms with Crippen molar-refractivity contribution < 1.29 is 53.4 Å². The first-order chi connectivity index (χ1) is 35.6. The van der Waals surface area contributed by atoms with Gasteiger partial charge in [0, 0.05) is 88.7 Å². The fourth-order valence-electron chi connectivity index (χ4n) is 8.76. The van der Waals surface area contributed by atoms with E-state index in [1.54, 1.807) is 4.90 Å². The highest BCUT2D eigenvalue weighted by Gasteiger charge is 2.28. The highest BCUT2D eigenvalue weighted by molar-refractivity contribution is 9.10. The van der Waals surface area contributed by atoms with Gasteiger partial charge < -0.3 is 53.5 Å².